The number of thioether (sulfide) groups is 1. The number of hydrogen-bond acceptors (Lipinski definition) is 2. The Kier molecular flexibility index (Phi) is 8.12. The number of nitrogens with zero attached hydrogens (tertiary/aromatic N) is 2. The molecule has 9 rings (SSSR count). The summed E-state index contributed by atoms with van der Waals surface area (Å²) in [4.78, 5) is 5.09. The molecule has 0 radical (unpaired) electrons. The number of fused-ring (bicyclic) bond motifs is 7. The van der Waals surface area contributed by atoms with Crippen molar-refractivity contribution in [3.8, 4) is 0 Å². The van der Waals surface area contributed by atoms with Gasteiger partial charge in [-0.25, -0.2) is 0 Å². The van der Waals surface area contributed by atoms with Crippen LogP contribution in [0.3, 0.4) is 0 Å². The topological polar surface area (TPSA) is 6.25 Å². The molecule has 0 aromatic heterocycles. The SMILES string of the molecule is CN1/C(=C/C=C2\CCCC(/C=C/C3=[N+](C)c4ccc5ccccc5c4C3(C)C)=C2Sc2ccc3ccccc3c2)C(C)(C)c2c1ccc1ccccc21. The molecule has 262 valence electrons. The Morgan fingerprint density at radius 2 is 1.28 bits per heavy atom. The third-order valence-electron chi connectivity index (χ3n) is 12.1. The maximum atomic E-state index is 2.44. The van der Waals surface area contributed by atoms with Crippen LogP contribution in [-0.4, -0.2) is 24.4 Å². The average molecular weight is 708 g/mol. The fourth-order valence-electron chi connectivity index (χ4n) is 9.45. The van der Waals surface area contributed by atoms with Gasteiger partial charge in [0, 0.05) is 51.4 Å². The van der Waals surface area contributed by atoms with E-state index in [0.29, 0.717) is 0 Å². The lowest BCUT2D eigenvalue weighted by Gasteiger charge is -2.25. The summed E-state index contributed by atoms with van der Waals surface area (Å²) in [6, 6.07) is 42.4. The molecule has 2 heterocycles. The van der Waals surface area contributed by atoms with E-state index in [4.69, 9.17) is 0 Å². The van der Waals surface area contributed by atoms with Gasteiger partial charge in [-0.15, -0.1) is 0 Å². The smallest absolute Gasteiger partial charge is 0.210 e. The lowest BCUT2D eigenvalue weighted by molar-refractivity contribution is -0.401. The van der Waals surface area contributed by atoms with Crippen molar-refractivity contribution in [2.75, 3.05) is 19.0 Å². The molecule has 0 fully saturated rings. The van der Waals surface area contributed by atoms with E-state index in [-0.39, 0.29) is 10.8 Å². The fraction of sp³-hybridized carbons (Fsp3) is 0.220. The molecule has 0 saturated carbocycles. The van der Waals surface area contributed by atoms with E-state index in [1.54, 1.807) is 0 Å². The molecule has 6 aromatic rings. The van der Waals surface area contributed by atoms with Crippen LogP contribution >= 0.6 is 11.8 Å². The lowest BCUT2D eigenvalue weighted by atomic mass is 9.78. The zero-order valence-corrected chi connectivity index (χ0v) is 32.5. The second-order valence-electron chi connectivity index (χ2n) is 16.0. The normalized spacial score (nSPS) is 19.5. The summed E-state index contributed by atoms with van der Waals surface area (Å²) in [7, 11) is 4.47. The summed E-state index contributed by atoms with van der Waals surface area (Å²) in [5, 5.41) is 7.87. The molecule has 2 aliphatic heterocycles. The van der Waals surface area contributed by atoms with E-state index in [0.717, 1.165) is 19.3 Å². The van der Waals surface area contributed by atoms with Crippen LogP contribution in [-0.2, 0) is 10.8 Å². The van der Waals surface area contributed by atoms with Gasteiger partial charge in [0.2, 0.25) is 5.69 Å². The van der Waals surface area contributed by atoms with Crippen LogP contribution in [0.2, 0.25) is 0 Å². The van der Waals surface area contributed by atoms with E-state index >= 15 is 0 Å². The molecule has 53 heavy (non-hydrogen) atoms. The highest BCUT2D eigenvalue weighted by molar-refractivity contribution is 8.03. The molecule has 3 heteroatoms. The monoisotopic (exact) mass is 707 g/mol. The van der Waals surface area contributed by atoms with E-state index in [1.807, 2.05) is 11.8 Å². The van der Waals surface area contributed by atoms with Gasteiger partial charge < -0.3 is 4.90 Å². The Morgan fingerprint density at radius 3 is 2.04 bits per heavy atom. The van der Waals surface area contributed by atoms with Crippen LogP contribution in [0.4, 0.5) is 11.4 Å². The highest BCUT2D eigenvalue weighted by atomic mass is 32.2. The van der Waals surface area contributed by atoms with Crippen LogP contribution in [0, 0.1) is 0 Å². The first kappa shape index (κ1) is 33.7. The number of benzene rings is 6. The first-order valence-electron chi connectivity index (χ1n) is 19.0. The van der Waals surface area contributed by atoms with E-state index in [1.165, 1.54) is 87.2 Å². The van der Waals surface area contributed by atoms with Gasteiger partial charge in [0.15, 0.2) is 5.71 Å². The van der Waals surface area contributed by atoms with E-state index in [9.17, 15) is 0 Å². The molecule has 1 aliphatic carbocycles. The summed E-state index contributed by atoms with van der Waals surface area (Å²) in [5.41, 5.74) is 10.7. The van der Waals surface area contributed by atoms with Crippen molar-refractivity contribution in [1.82, 2.24) is 0 Å². The molecule has 0 spiro atoms. The summed E-state index contributed by atoms with van der Waals surface area (Å²) in [5.74, 6) is 0. The van der Waals surface area contributed by atoms with Gasteiger partial charge in [-0.2, -0.15) is 4.58 Å². The molecule has 0 atom stereocenters. The second kappa shape index (κ2) is 12.8. The summed E-state index contributed by atoms with van der Waals surface area (Å²) < 4.78 is 2.42. The minimum absolute atomic E-state index is 0.122. The average Bonchev–Trinajstić information content (AvgIpc) is 3.50. The Hall–Kier alpha value is -5.12. The van der Waals surface area contributed by atoms with Crippen molar-refractivity contribution in [2.45, 2.75) is 62.7 Å². The van der Waals surface area contributed by atoms with Gasteiger partial charge >= 0.3 is 0 Å². The van der Waals surface area contributed by atoms with Crippen molar-refractivity contribution in [3.63, 3.8) is 0 Å². The predicted molar refractivity (Wildman–Crippen MR) is 229 cm³/mol. The van der Waals surface area contributed by atoms with E-state index in [2.05, 4.69) is 191 Å². The van der Waals surface area contributed by atoms with Crippen LogP contribution in [0.1, 0.15) is 58.1 Å². The fourth-order valence-corrected chi connectivity index (χ4v) is 10.6. The molecule has 0 amide bonds. The van der Waals surface area contributed by atoms with Gasteiger partial charge in [-0.3, -0.25) is 0 Å². The van der Waals surface area contributed by atoms with Gasteiger partial charge in [0.1, 0.15) is 7.05 Å². The van der Waals surface area contributed by atoms with Gasteiger partial charge in [0.05, 0.1) is 5.41 Å². The number of likely N-dealkylation sites (N-methyl/N-ethyl adjacent to an activating group) is 1. The van der Waals surface area contributed by atoms with Crippen LogP contribution in [0.5, 0.6) is 0 Å². The predicted octanol–water partition coefficient (Wildman–Crippen LogP) is 13.2. The van der Waals surface area contributed by atoms with Crippen LogP contribution in [0.15, 0.2) is 166 Å². The molecule has 6 aromatic carbocycles. The van der Waals surface area contributed by atoms with Crippen molar-refractivity contribution in [1.29, 1.82) is 0 Å². The van der Waals surface area contributed by atoms with Gasteiger partial charge in [0.25, 0.3) is 0 Å². The van der Waals surface area contributed by atoms with Crippen molar-refractivity contribution < 1.29 is 4.58 Å². The Bertz CT molecular complexity index is 2640. The van der Waals surface area contributed by atoms with Crippen LogP contribution < -0.4 is 4.90 Å². The van der Waals surface area contributed by atoms with E-state index < -0.39 is 0 Å². The minimum Gasteiger partial charge on any atom is -0.347 e. The third kappa shape index (κ3) is 5.51. The zero-order chi connectivity index (χ0) is 36.5. The molecule has 0 saturated heterocycles. The van der Waals surface area contributed by atoms with Crippen molar-refractivity contribution in [2.24, 2.45) is 0 Å². The molecule has 0 N–H and O–H groups in total. The van der Waals surface area contributed by atoms with Crippen LogP contribution in [0.25, 0.3) is 32.3 Å². The highest BCUT2D eigenvalue weighted by Crippen LogP contribution is 2.51. The first-order chi connectivity index (χ1) is 25.6. The zero-order valence-electron chi connectivity index (χ0n) is 31.7. The third-order valence-corrected chi connectivity index (χ3v) is 13.3. The maximum Gasteiger partial charge on any atom is 0.210 e. The number of rotatable bonds is 5. The molecular formula is C50H47N2S+. The van der Waals surface area contributed by atoms with Crippen molar-refractivity contribution >= 4 is 61.2 Å². The molecule has 0 unspecified atom stereocenters. The quantitative estimate of drug-likeness (QED) is 0.165. The summed E-state index contributed by atoms with van der Waals surface area (Å²) in [6.45, 7) is 9.56. The highest BCUT2D eigenvalue weighted by Gasteiger charge is 2.44. The molecule has 3 aliphatic rings. The largest absolute Gasteiger partial charge is 0.347 e. The molecule has 2 nitrogen and oxygen atoms in total. The molecular weight excluding hydrogens is 661 g/mol. The molecule has 0 bridgehead atoms. The van der Waals surface area contributed by atoms with Crippen molar-refractivity contribution in [3.05, 3.63) is 172 Å². The summed E-state index contributed by atoms with van der Waals surface area (Å²) >= 11 is 1.93. The summed E-state index contributed by atoms with van der Waals surface area (Å²) in [6.07, 6.45) is 13.0. The Labute approximate surface area is 318 Å². The number of anilines is 1. The van der Waals surface area contributed by atoms with Gasteiger partial charge in [-0.1, -0.05) is 123 Å². The Balaban J connectivity index is 1.14. The first-order valence-corrected chi connectivity index (χ1v) is 19.8. The second-order valence-corrected chi connectivity index (χ2v) is 17.1. The minimum atomic E-state index is -0.122. The standard InChI is InChI=1S/C50H47N2S/c1-49(2)44(51(5)42-28-23-34-15-9-11-20-40(34)46(42)49)30-25-36-18-13-19-37(48(36)53-39-27-22-33-14-7-8-17-38(33)32-39)26-31-45-50(3,4)47-41-21-12-10-16-35(41)24-29-43(47)52(45)6/h7-12,14-17,20-32H,13,18-19H2,1-6H3/q+1. The van der Waals surface area contributed by atoms with Gasteiger partial charge in [-0.05, 0) is 112 Å². The number of allylic oxidation sites excluding steroid dienone is 7. The Morgan fingerprint density at radius 1 is 0.642 bits per heavy atom. The lowest BCUT2D eigenvalue weighted by Crippen LogP contribution is -2.27. The maximum absolute atomic E-state index is 2.44. The number of hydrogen-bond donors (Lipinski definition) is 0.